The lowest BCUT2D eigenvalue weighted by atomic mass is 10.0. The van der Waals surface area contributed by atoms with E-state index in [1.807, 2.05) is 85.4 Å². The number of carbonyl (C=O) groups excluding carboxylic acids is 1. The van der Waals surface area contributed by atoms with Gasteiger partial charge < -0.3 is 10.1 Å². The number of aromatic nitrogens is 2. The molecule has 32 heavy (non-hydrogen) atoms. The topological polar surface area (TPSA) is 56.2 Å². The van der Waals surface area contributed by atoms with Crippen LogP contribution in [0.5, 0.6) is 5.75 Å². The lowest BCUT2D eigenvalue weighted by Crippen LogP contribution is -2.11. The molecule has 162 valence electrons. The third-order valence-electron chi connectivity index (χ3n) is 5.62. The maximum atomic E-state index is 12.6. The molecule has 0 aliphatic carbocycles. The van der Waals surface area contributed by atoms with Gasteiger partial charge in [0.05, 0.1) is 5.69 Å². The highest BCUT2D eigenvalue weighted by Crippen LogP contribution is 2.20. The van der Waals surface area contributed by atoms with Crippen molar-refractivity contribution in [3.8, 4) is 5.75 Å². The number of ether oxygens (including phenoxy) is 1. The number of benzene rings is 3. The van der Waals surface area contributed by atoms with Gasteiger partial charge in [-0.2, -0.15) is 5.10 Å². The number of hydrogen-bond donors (Lipinski definition) is 1. The Balaban J connectivity index is 1.34. The lowest BCUT2D eigenvalue weighted by molar-refractivity contribution is 0.102. The van der Waals surface area contributed by atoms with Gasteiger partial charge in [-0.1, -0.05) is 42.5 Å². The van der Waals surface area contributed by atoms with E-state index in [1.165, 1.54) is 16.8 Å². The Kier molecular flexibility index (Phi) is 6.36. The molecule has 1 heterocycles. The minimum Gasteiger partial charge on any atom is -0.489 e. The van der Waals surface area contributed by atoms with Crippen LogP contribution < -0.4 is 10.1 Å². The highest BCUT2D eigenvalue weighted by molar-refractivity contribution is 6.04. The van der Waals surface area contributed by atoms with Gasteiger partial charge in [0.1, 0.15) is 12.4 Å². The predicted octanol–water partition coefficient (Wildman–Crippen LogP) is 5.46. The quantitative estimate of drug-likeness (QED) is 0.428. The van der Waals surface area contributed by atoms with E-state index in [1.54, 1.807) is 12.1 Å². The van der Waals surface area contributed by atoms with Crippen LogP contribution in [0.1, 0.15) is 38.4 Å². The Hall–Kier alpha value is -3.86. The summed E-state index contributed by atoms with van der Waals surface area (Å²) in [5, 5.41) is 7.44. The van der Waals surface area contributed by atoms with E-state index in [0.29, 0.717) is 12.2 Å². The molecule has 0 aliphatic rings. The van der Waals surface area contributed by atoms with Gasteiger partial charge in [-0.25, -0.2) is 0 Å². The molecule has 0 atom stereocenters. The SMILES string of the molecule is Cc1nn(C)c(C)c1Cc1ccc(NC(=O)c2ccc(OCc3ccccc3)cc2)cc1. The van der Waals surface area contributed by atoms with Crippen LogP contribution in [-0.2, 0) is 20.1 Å². The van der Waals surface area contributed by atoms with Gasteiger partial charge in [0, 0.05) is 36.0 Å². The Bertz CT molecular complexity index is 1190. The Labute approximate surface area is 188 Å². The number of hydrogen-bond acceptors (Lipinski definition) is 3. The van der Waals surface area contributed by atoms with Crippen LogP contribution in [0.3, 0.4) is 0 Å². The summed E-state index contributed by atoms with van der Waals surface area (Å²) in [5.74, 6) is 0.585. The molecule has 4 aromatic rings. The van der Waals surface area contributed by atoms with Gasteiger partial charge in [0.15, 0.2) is 0 Å². The third kappa shape index (κ3) is 5.06. The molecule has 0 aliphatic heterocycles. The predicted molar refractivity (Wildman–Crippen MR) is 127 cm³/mol. The molecular formula is C27H27N3O2. The van der Waals surface area contributed by atoms with Crippen molar-refractivity contribution in [2.24, 2.45) is 7.05 Å². The first kappa shape index (κ1) is 21.4. The lowest BCUT2D eigenvalue weighted by Gasteiger charge is -2.09. The Morgan fingerprint density at radius 1 is 0.906 bits per heavy atom. The maximum absolute atomic E-state index is 12.6. The molecule has 0 spiro atoms. The zero-order valence-electron chi connectivity index (χ0n) is 18.6. The summed E-state index contributed by atoms with van der Waals surface area (Å²) in [6, 6.07) is 25.1. The number of carbonyl (C=O) groups is 1. The Morgan fingerprint density at radius 2 is 1.59 bits per heavy atom. The van der Waals surface area contributed by atoms with Crippen molar-refractivity contribution in [2.45, 2.75) is 26.9 Å². The second-order valence-electron chi connectivity index (χ2n) is 7.90. The first-order chi connectivity index (χ1) is 15.5. The molecule has 1 N–H and O–H groups in total. The van der Waals surface area contributed by atoms with Crippen molar-refractivity contribution < 1.29 is 9.53 Å². The van der Waals surface area contributed by atoms with Crippen LogP contribution in [0, 0.1) is 13.8 Å². The van der Waals surface area contributed by atoms with E-state index in [-0.39, 0.29) is 5.91 Å². The highest BCUT2D eigenvalue weighted by atomic mass is 16.5. The average Bonchev–Trinajstić information content (AvgIpc) is 3.06. The molecule has 1 aromatic heterocycles. The molecule has 0 bridgehead atoms. The van der Waals surface area contributed by atoms with Gasteiger partial charge in [0.2, 0.25) is 0 Å². The van der Waals surface area contributed by atoms with Crippen LogP contribution in [0.25, 0.3) is 0 Å². The van der Waals surface area contributed by atoms with Crippen LogP contribution in [0.15, 0.2) is 78.9 Å². The molecule has 0 unspecified atom stereocenters. The van der Waals surface area contributed by atoms with Crippen molar-refractivity contribution in [2.75, 3.05) is 5.32 Å². The second-order valence-corrected chi connectivity index (χ2v) is 7.90. The molecule has 4 rings (SSSR count). The highest BCUT2D eigenvalue weighted by Gasteiger charge is 2.11. The summed E-state index contributed by atoms with van der Waals surface area (Å²) < 4.78 is 7.70. The summed E-state index contributed by atoms with van der Waals surface area (Å²) in [7, 11) is 1.96. The van der Waals surface area contributed by atoms with E-state index >= 15 is 0 Å². The molecule has 1 amide bonds. The molecule has 0 saturated heterocycles. The summed E-state index contributed by atoms with van der Waals surface area (Å²) in [5.41, 5.74) is 7.12. The second kappa shape index (κ2) is 9.52. The van der Waals surface area contributed by atoms with Gasteiger partial charge in [-0.3, -0.25) is 9.48 Å². The number of amides is 1. The number of nitrogens with zero attached hydrogens (tertiary/aromatic N) is 2. The molecule has 3 aromatic carbocycles. The summed E-state index contributed by atoms with van der Waals surface area (Å²) in [4.78, 5) is 12.6. The van der Waals surface area contributed by atoms with E-state index in [9.17, 15) is 4.79 Å². The van der Waals surface area contributed by atoms with E-state index in [4.69, 9.17) is 4.74 Å². The van der Waals surface area contributed by atoms with E-state index in [0.717, 1.165) is 29.1 Å². The van der Waals surface area contributed by atoms with Crippen molar-refractivity contribution in [1.29, 1.82) is 0 Å². The van der Waals surface area contributed by atoms with Crippen molar-refractivity contribution in [1.82, 2.24) is 9.78 Å². The zero-order valence-corrected chi connectivity index (χ0v) is 18.6. The van der Waals surface area contributed by atoms with Gasteiger partial charge in [0.25, 0.3) is 5.91 Å². The fourth-order valence-corrected chi connectivity index (χ4v) is 3.63. The Morgan fingerprint density at radius 3 is 2.22 bits per heavy atom. The number of nitrogens with one attached hydrogen (secondary N) is 1. The standard InChI is InChI=1S/C27H27N3O2/c1-19-26(20(2)30(3)29-19)17-21-9-13-24(14-10-21)28-27(31)23-11-15-25(16-12-23)32-18-22-7-5-4-6-8-22/h4-16H,17-18H2,1-3H3,(H,28,31). The monoisotopic (exact) mass is 425 g/mol. The molecular weight excluding hydrogens is 398 g/mol. The number of anilines is 1. The first-order valence-corrected chi connectivity index (χ1v) is 10.7. The fraction of sp³-hybridized carbons (Fsp3) is 0.185. The summed E-state index contributed by atoms with van der Waals surface area (Å²) >= 11 is 0. The molecule has 5 heteroatoms. The van der Waals surface area contributed by atoms with Gasteiger partial charge in [-0.05, 0) is 61.4 Å². The van der Waals surface area contributed by atoms with Crippen LogP contribution in [0.4, 0.5) is 5.69 Å². The number of aryl methyl sites for hydroxylation is 2. The first-order valence-electron chi connectivity index (χ1n) is 10.7. The minimum absolute atomic E-state index is 0.147. The summed E-state index contributed by atoms with van der Waals surface area (Å²) in [6.45, 7) is 4.62. The van der Waals surface area contributed by atoms with Crippen LogP contribution in [0.2, 0.25) is 0 Å². The fourth-order valence-electron chi connectivity index (χ4n) is 3.63. The van der Waals surface area contributed by atoms with Gasteiger partial charge >= 0.3 is 0 Å². The maximum Gasteiger partial charge on any atom is 0.255 e. The smallest absolute Gasteiger partial charge is 0.255 e. The van der Waals surface area contributed by atoms with E-state index in [2.05, 4.69) is 17.3 Å². The molecule has 0 saturated carbocycles. The van der Waals surface area contributed by atoms with Crippen molar-refractivity contribution >= 4 is 11.6 Å². The summed E-state index contributed by atoms with van der Waals surface area (Å²) in [6.07, 6.45) is 0.824. The normalized spacial score (nSPS) is 10.7. The average molecular weight is 426 g/mol. The third-order valence-corrected chi connectivity index (χ3v) is 5.62. The van der Waals surface area contributed by atoms with Crippen molar-refractivity contribution in [3.63, 3.8) is 0 Å². The number of rotatable bonds is 7. The van der Waals surface area contributed by atoms with Crippen LogP contribution >= 0.6 is 0 Å². The minimum atomic E-state index is -0.147. The molecule has 0 radical (unpaired) electrons. The molecule has 5 nitrogen and oxygen atoms in total. The van der Waals surface area contributed by atoms with Gasteiger partial charge in [-0.15, -0.1) is 0 Å². The van der Waals surface area contributed by atoms with E-state index < -0.39 is 0 Å². The van der Waals surface area contributed by atoms with Crippen LogP contribution in [-0.4, -0.2) is 15.7 Å². The largest absolute Gasteiger partial charge is 0.489 e. The van der Waals surface area contributed by atoms with Crippen molar-refractivity contribution in [3.05, 3.63) is 113 Å². The zero-order chi connectivity index (χ0) is 22.5. The molecule has 0 fully saturated rings.